The van der Waals surface area contributed by atoms with Crippen LogP contribution in [0, 0.1) is 17.8 Å². The SMILES string of the molecule is COC(=O)C(C(C)C)C1(O)CCOC(C(C)C)C1. The molecular weight excluding hydrogens is 232 g/mol. The van der Waals surface area contributed by atoms with E-state index in [0.29, 0.717) is 25.4 Å². The molecule has 1 fully saturated rings. The van der Waals surface area contributed by atoms with Crippen LogP contribution in [0.3, 0.4) is 0 Å². The zero-order chi connectivity index (χ0) is 13.9. The highest BCUT2D eigenvalue weighted by atomic mass is 16.5. The van der Waals surface area contributed by atoms with Gasteiger partial charge in [0.2, 0.25) is 0 Å². The van der Waals surface area contributed by atoms with Crippen LogP contribution in [0.15, 0.2) is 0 Å². The van der Waals surface area contributed by atoms with Gasteiger partial charge in [-0.3, -0.25) is 4.79 Å². The molecule has 0 aromatic rings. The lowest BCUT2D eigenvalue weighted by Gasteiger charge is -2.43. The monoisotopic (exact) mass is 258 g/mol. The highest BCUT2D eigenvalue weighted by Crippen LogP contribution is 2.38. The molecule has 3 unspecified atom stereocenters. The Balaban J connectivity index is 2.90. The van der Waals surface area contributed by atoms with Gasteiger partial charge < -0.3 is 14.6 Å². The average molecular weight is 258 g/mol. The van der Waals surface area contributed by atoms with Crippen molar-refractivity contribution < 1.29 is 19.4 Å². The number of carbonyl (C=O) groups is 1. The third kappa shape index (κ3) is 3.23. The minimum absolute atomic E-state index is 0.00894. The average Bonchev–Trinajstić information content (AvgIpc) is 2.27. The second-order valence-electron chi connectivity index (χ2n) is 5.96. The van der Waals surface area contributed by atoms with Crippen LogP contribution in [0.25, 0.3) is 0 Å². The van der Waals surface area contributed by atoms with E-state index in [9.17, 15) is 9.90 Å². The van der Waals surface area contributed by atoms with Gasteiger partial charge in [0, 0.05) is 19.4 Å². The Morgan fingerprint density at radius 3 is 2.44 bits per heavy atom. The Labute approximate surface area is 110 Å². The second-order valence-corrected chi connectivity index (χ2v) is 5.96. The summed E-state index contributed by atoms with van der Waals surface area (Å²) in [5.41, 5.74) is -1.01. The summed E-state index contributed by atoms with van der Waals surface area (Å²) in [4.78, 5) is 11.9. The standard InChI is InChI=1S/C14H26O4/c1-9(2)11-8-14(16,6-7-18-11)12(10(3)4)13(15)17-5/h9-12,16H,6-8H2,1-5H3. The van der Waals surface area contributed by atoms with E-state index in [2.05, 4.69) is 13.8 Å². The fraction of sp³-hybridized carbons (Fsp3) is 0.929. The molecule has 4 heteroatoms. The summed E-state index contributed by atoms with van der Waals surface area (Å²) in [5.74, 6) is -0.416. The summed E-state index contributed by atoms with van der Waals surface area (Å²) in [6, 6.07) is 0. The first kappa shape index (κ1) is 15.4. The van der Waals surface area contributed by atoms with E-state index in [0.717, 1.165) is 0 Å². The van der Waals surface area contributed by atoms with Crippen LogP contribution in [0.1, 0.15) is 40.5 Å². The molecule has 106 valence electrons. The lowest BCUT2D eigenvalue weighted by Crippen LogP contribution is -2.52. The lowest BCUT2D eigenvalue weighted by molar-refractivity contribution is -0.179. The van der Waals surface area contributed by atoms with Gasteiger partial charge in [0.05, 0.1) is 24.7 Å². The molecule has 0 aromatic carbocycles. The Kier molecular flexibility index (Phi) is 5.17. The van der Waals surface area contributed by atoms with Crippen LogP contribution in [-0.2, 0) is 14.3 Å². The van der Waals surface area contributed by atoms with E-state index in [4.69, 9.17) is 9.47 Å². The van der Waals surface area contributed by atoms with Gasteiger partial charge in [0.25, 0.3) is 0 Å². The van der Waals surface area contributed by atoms with E-state index in [1.165, 1.54) is 7.11 Å². The molecule has 0 spiro atoms. The maximum absolute atomic E-state index is 11.9. The Morgan fingerprint density at radius 1 is 1.39 bits per heavy atom. The lowest BCUT2D eigenvalue weighted by atomic mass is 9.72. The van der Waals surface area contributed by atoms with Crippen molar-refractivity contribution in [3.8, 4) is 0 Å². The van der Waals surface area contributed by atoms with Gasteiger partial charge in [-0.25, -0.2) is 0 Å². The van der Waals surface area contributed by atoms with Gasteiger partial charge >= 0.3 is 5.97 Å². The maximum Gasteiger partial charge on any atom is 0.311 e. The van der Waals surface area contributed by atoms with Crippen molar-refractivity contribution in [3.05, 3.63) is 0 Å². The van der Waals surface area contributed by atoms with E-state index < -0.39 is 11.5 Å². The van der Waals surface area contributed by atoms with Crippen LogP contribution >= 0.6 is 0 Å². The van der Waals surface area contributed by atoms with Crippen molar-refractivity contribution in [2.75, 3.05) is 13.7 Å². The summed E-state index contributed by atoms with van der Waals surface area (Å²) in [5, 5.41) is 10.8. The van der Waals surface area contributed by atoms with Crippen LogP contribution in [0.4, 0.5) is 0 Å². The number of hydrogen-bond donors (Lipinski definition) is 1. The third-order valence-electron chi connectivity index (χ3n) is 3.87. The smallest absolute Gasteiger partial charge is 0.311 e. The van der Waals surface area contributed by atoms with Crippen LogP contribution in [0.5, 0.6) is 0 Å². The van der Waals surface area contributed by atoms with Gasteiger partial charge in [0.1, 0.15) is 0 Å². The van der Waals surface area contributed by atoms with Crippen molar-refractivity contribution in [3.63, 3.8) is 0 Å². The Hall–Kier alpha value is -0.610. The molecule has 0 aliphatic carbocycles. The van der Waals surface area contributed by atoms with Crippen LogP contribution in [0.2, 0.25) is 0 Å². The van der Waals surface area contributed by atoms with Crippen molar-refractivity contribution in [2.45, 2.75) is 52.2 Å². The predicted octanol–water partition coefficient (Wildman–Crippen LogP) is 2.00. The van der Waals surface area contributed by atoms with Crippen LogP contribution < -0.4 is 0 Å². The van der Waals surface area contributed by atoms with E-state index in [1.54, 1.807) is 0 Å². The molecule has 0 radical (unpaired) electrons. The van der Waals surface area contributed by atoms with Crippen molar-refractivity contribution in [2.24, 2.45) is 17.8 Å². The van der Waals surface area contributed by atoms with Crippen molar-refractivity contribution >= 4 is 5.97 Å². The van der Waals surface area contributed by atoms with Crippen molar-refractivity contribution in [1.29, 1.82) is 0 Å². The van der Waals surface area contributed by atoms with Gasteiger partial charge in [-0.15, -0.1) is 0 Å². The highest BCUT2D eigenvalue weighted by Gasteiger charge is 2.47. The minimum Gasteiger partial charge on any atom is -0.469 e. The molecule has 4 nitrogen and oxygen atoms in total. The molecule has 3 atom stereocenters. The van der Waals surface area contributed by atoms with E-state index >= 15 is 0 Å². The molecule has 0 amide bonds. The number of carbonyl (C=O) groups excluding carboxylic acids is 1. The summed E-state index contributed by atoms with van der Waals surface area (Å²) in [6.45, 7) is 8.52. The van der Waals surface area contributed by atoms with Crippen LogP contribution in [-0.4, -0.2) is 36.5 Å². The third-order valence-corrected chi connectivity index (χ3v) is 3.87. The number of ether oxygens (including phenoxy) is 2. The molecule has 1 N–H and O–H groups in total. The zero-order valence-corrected chi connectivity index (χ0v) is 12.1. The molecule has 0 aromatic heterocycles. The largest absolute Gasteiger partial charge is 0.469 e. The molecule has 0 bridgehead atoms. The van der Waals surface area contributed by atoms with Gasteiger partial charge in [-0.05, 0) is 11.8 Å². The van der Waals surface area contributed by atoms with Gasteiger partial charge in [-0.1, -0.05) is 27.7 Å². The summed E-state index contributed by atoms with van der Waals surface area (Å²) in [6.07, 6.45) is 1.01. The topological polar surface area (TPSA) is 55.8 Å². The predicted molar refractivity (Wildman–Crippen MR) is 69.1 cm³/mol. The first-order valence-electron chi connectivity index (χ1n) is 6.73. The number of methoxy groups -OCH3 is 1. The second kappa shape index (κ2) is 6.02. The summed E-state index contributed by atoms with van der Waals surface area (Å²) < 4.78 is 10.5. The number of esters is 1. The fourth-order valence-corrected chi connectivity index (χ4v) is 2.85. The molecule has 18 heavy (non-hydrogen) atoms. The Morgan fingerprint density at radius 2 is 2.00 bits per heavy atom. The van der Waals surface area contributed by atoms with E-state index in [-0.39, 0.29) is 18.0 Å². The molecule has 0 saturated carbocycles. The summed E-state index contributed by atoms with van der Waals surface area (Å²) >= 11 is 0. The first-order valence-corrected chi connectivity index (χ1v) is 6.73. The molecular formula is C14H26O4. The molecule has 1 aliphatic rings. The number of hydrogen-bond acceptors (Lipinski definition) is 4. The highest BCUT2D eigenvalue weighted by molar-refractivity contribution is 5.74. The normalized spacial score (nSPS) is 30.6. The maximum atomic E-state index is 11.9. The zero-order valence-electron chi connectivity index (χ0n) is 12.1. The quantitative estimate of drug-likeness (QED) is 0.784. The number of aliphatic hydroxyl groups is 1. The van der Waals surface area contributed by atoms with Crippen molar-refractivity contribution in [1.82, 2.24) is 0 Å². The van der Waals surface area contributed by atoms with Gasteiger partial charge in [0.15, 0.2) is 0 Å². The summed E-state index contributed by atoms with van der Waals surface area (Å²) in [7, 11) is 1.38. The first-order chi connectivity index (χ1) is 8.31. The molecule has 1 heterocycles. The molecule has 1 rings (SSSR count). The Bertz CT molecular complexity index is 288. The molecule has 1 saturated heterocycles. The number of rotatable bonds is 4. The minimum atomic E-state index is -1.01. The van der Waals surface area contributed by atoms with E-state index in [1.807, 2.05) is 13.8 Å². The molecule has 1 aliphatic heterocycles. The fourth-order valence-electron chi connectivity index (χ4n) is 2.85. The van der Waals surface area contributed by atoms with Gasteiger partial charge in [-0.2, -0.15) is 0 Å².